The van der Waals surface area contributed by atoms with Crippen molar-refractivity contribution in [1.82, 2.24) is 0 Å². The Morgan fingerprint density at radius 3 is 1.72 bits per heavy atom. The van der Waals surface area contributed by atoms with Crippen LogP contribution in [0.15, 0.2) is 92.0 Å². The number of ether oxygens (including phenoxy) is 6. The van der Waals surface area contributed by atoms with Crippen LogP contribution >= 0.6 is 0 Å². The Morgan fingerprint density at radius 2 is 1.22 bits per heavy atom. The summed E-state index contributed by atoms with van der Waals surface area (Å²) in [5.74, 6) is 0.959. The Kier molecular flexibility index (Phi) is 26.9. The molecule has 0 amide bonds. The number of methoxy groups -OCH3 is 2. The van der Waals surface area contributed by atoms with Gasteiger partial charge in [-0.15, -0.1) is 0 Å². The number of hydrogen-bond acceptors (Lipinski definition) is 11. The van der Waals surface area contributed by atoms with Gasteiger partial charge in [-0.3, -0.25) is 9.59 Å². The van der Waals surface area contributed by atoms with Crippen LogP contribution in [0.5, 0.6) is 17.2 Å². The van der Waals surface area contributed by atoms with Gasteiger partial charge in [0, 0.05) is 44.2 Å². The van der Waals surface area contributed by atoms with E-state index in [1.807, 2.05) is 24.3 Å². The standard InChI is InChI=1S/C26H31NO6.C14H20O3.C3H4O/c1-3-25(28)32-16-7-5-4-6-15-31-23-11-9-21(10-12-23)26(29)33-24-13-8-20(14-17-30-2)18-22(24)19-27;1-16-10-4-2-3-5-11-17-14-8-6-13(12-15)7-9-14;1-2-3-4/h3,8-13,18-19,27H,1,4-7,14-17H2,2H3;6-9,12H,2-5,10-11H2,1H3;2-3H,1H2. The Labute approximate surface area is 319 Å². The summed E-state index contributed by atoms with van der Waals surface area (Å²) in [6.45, 7) is 9.58. The van der Waals surface area contributed by atoms with Gasteiger partial charge < -0.3 is 33.8 Å². The summed E-state index contributed by atoms with van der Waals surface area (Å²) in [7, 11) is 3.37. The predicted molar refractivity (Wildman–Crippen MR) is 210 cm³/mol. The normalized spacial score (nSPS) is 9.89. The molecule has 0 atom stereocenters. The molecular formula is C43H55NO10. The summed E-state index contributed by atoms with van der Waals surface area (Å²) < 4.78 is 31.7. The number of unbranched alkanes of at least 4 members (excludes halogenated alkanes) is 6. The molecule has 0 saturated heterocycles. The lowest BCUT2D eigenvalue weighted by Gasteiger charge is -2.10. The Morgan fingerprint density at radius 1 is 0.685 bits per heavy atom. The zero-order chi connectivity index (χ0) is 39.7. The van der Waals surface area contributed by atoms with Gasteiger partial charge in [-0.05, 0) is 124 Å². The molecule has 3 rings (SSSR count). The highest BCUT2D eigenvalue weighted by molar-refractivity contribution is 5.93. The Hall–Kier alpha value is -5.39. The lowest BCUT2D eigenvalue weighted by molar-refractivity contribution is -0.137. The number of rotatable bonds is 25. The number of benzene rings is 3. The fraction of sp³-hybridized carbons (Fsp3) is 0.372. The molecule has 0 aliphatic rings. The first-order valence-electron chi connectivity index (χ1n) is 17.9. The van der Waals surface area contributed by atoms with Crippen LogP contribution in [-0.2, 0) is 30.2 Å². The lowest BCUT2D eigenvalue weighted by Crippen LogP contribution is -2.10. The third kappa shape index (κ3) is 21.9. The molecule has 0 aliphatic heterocycles. The summed E-state index contributed by atoms with van der Waals surface area (Å²) in [6, 6.07) is 19.3. The van der Waals surface area contributed by atoms with E-state index in [4.69, 9.17) is 38.6 Å². The van der Waals surface area contributed by atoms with Crippen molar-refractivity contribution in [2.45, 2.75) is 57.8 Å². The lowest BCUT2D eigenvalue weighted by atomic mass is 10.1. The number of allylic oxidation sites excluding steroid dienone is 1. The topological polar surface area (TPSA) is 148 Å². The molecule has 0 bridgehead atoms. The minimum absolute atomic E-state index is 0.343. The quantitative estimate of drug-likeness (QED) is 0.0225. The molecule has 0 radical (unpaired) electrons. The van der Waals surface area contributed by atoms with Crippen LogP contribution in [-0.4, -0.2) is 78.0 Å². The van der Waals surface area contributed by atoms with E-state index in [2.05, 4.69) is 13.2 Å². The van der Waals surface area contributed by atoms with Crippen LogP contribution in [0, 0.1) is 5.41 Å². The minimum atomic E-state index is -0.494. The smallest absolute Gasteiger partial charge is 0.343 e. The van der Waals surface area contributed by atoms with Crippen LogP contribution in [0.3, 0.4) is 0 Å². The fourth-order valence-corrected chi connectivity index (χ4v) is 4.54. The van der Waals surface area contributed by atoms with E-state index in [-0.39, 0.29) is 0 Å². The average Bonchev–Trinajstić information content (AvgIpc) is 3.21. The van der Waals surface area contributed by atoms with E-state index < -0.39 is 11.9 Å². The molecule has 11 heteroatoms. The van der Waals surface area contributed by atoms with E-state index in [9.17, 15) is 14.4 Å². The average molecular weight is 746 g/mol. The predicted octanol–water partition coefficient (Wildman–Crippen LogP) is 8.22. The van der Waals surface area contributed by atoms with Gasteiger partial charge in [0.15, 0.2) is 0 Å². The molecular weight excluding hydrogens is 690 g/mol. The highest BCUT2D eigenvalue weighted by Gasteiger charge is 2.12. The van der Waals surface area contributed by atoms with Gasteiger partial charge in [0.2, 0.25) is 0 Å². The molecule has 292 valence electrons. The number of aldehydes is 2. The van der Waals surface area contributed by atoms with E-state index in [1.165, 1.54) is 18.7 Å². The highest BCUT2D eigenvalue weighted by Crippen LogP contribution is 2.21. The molecule has 0 unspecified atom stereocenters. The molecule has 3 aromatic rings. The second kappa shape index (κ2) is 31.2. The van der Waals surface area contributed by atoms with Crippen LogP contribution in [0.2, 0.25) is 0 Å². The largest absolute Gasteiger partial charge is 0.494 e. The third-order valence-corrected chi connectivity index (χ3v) is 7.46. The van der Waals surface area contributed by atoms with Crippen molar-refractivity contribution in [2.75, 3.05) is 47.3 Å². The number of carbonyl (C=O) groups is 4. The highest BCUT2D eigenvalue weighted by atomic mass is 16.5. The van der Waals surface area contributed by atoms with Gasteiger partial charge in [-0.25, -0.2) is 9.59 Å². The summed E-state index contributed by atoms with van der Waals surface area (Å²) in [5.41, 5.74) is 2.62. The van der Waals surface area contributed by atoms with Gasteiger partial charge in [-0.1, -0.05) is 25.6 Å². The summed E-state index contributed by atoms with van der Waals surface area (Å²) in [4.78, 5) is 42.9. The maximum atomic E-state index is 12.5. The van der Waals surface area contributed by atoms with Crippen LogP contribution in [0.4, 0.5) is 0 Å². The first-order valence-corrected chi connectivity index (χ1v) is 17.9. The fourth-order valence-electron chi connectivity index (χ4n) is 4.54. The van der Waals surface area contributed by atoms with E-state index >= 15 is 0 Å². The van der Waals surface area contributed by atoms with Crippen molar-refractivity contribution in [1.29, 1.82) is 5.41 Å². The van der Waals surface area contributed by atoms with Gasteiger partial charge in [-0.2, -0.15) is 0 Å². The monoisotopic (exact) mass is 745 g/mol. The number of carbonyl (C=O) groups excluding carboxylic acids is 4. The van der Waals surface area contributed by atoms with E-state index in [1.54, 1.807) is 56.7 Å². The zero-order valence-electron chi connectivity index (χ0n) is 31.6. The van der Waals surface area contributed by atoms with Crippen molar-refractivity contribution in [3.05, 3.63) is 114 Å². The van der Waals surface area contributed by atoms with Gasteiger partial charge in [0.1, 0.15) is 29.8 Å². The van der Waals surface area contributed by atoms with E-state index in [0.29, 0.717) is 54.3 Å². The maximum Gasteiger partial charge on any atom is 0.343 e. The molecule has 54 heavy (non-hydrogen) atoms. The summed E-state index contributed by atoms with van der Waals surface area (Å²) in [6.07, 6.45) is 13.8. The van der Waals surface area contributed by atoms with Gasteiger partial charge in [0.25, 0.3) is 0 Å². The second-order valence-electron chi connectivity index (χ2n) is 11.6. The molecule has 0 aliphatic carbocycles. The van der Waals surface area contributed by atoms with Crippen molar-refractivity contribution in [2.24, 2.45) is 0 Å². The molecule has 0 saturated carbocycles. The van der Waals surface area contributed by atoms with Crippen LogP contribution in [0.25, 0.3) is 0 Å². The Balaban J connectivity index is 0.000000577. The number of esters is 2. The molecule has 1 N–H and O–H groups in total. The number of nitrogens with one attached hydrogen (secondary N) is 1. The summed E-state index contributed by atoms with van der Waals surface area (Å²) in [5, 5.41) is 7.60. The number of hydrogen-bond donors (Lipinski definition) is 1. The first-order chi connectivity index (χ1) is 26.3. The SMILES string of the molecule is C=CC(=O)OCCCCCCOc1ccc(C(=O)Oc2ccc(CCOC)cc2C=N)cc1.C=CC=O.COCCCCCCOc1ccc(C=O)cc1. The second-order valence-corrected chi connectivity index (χ2v) is 11.6. The van der Waals surface area contributed by atoms with Crippen molar-refractivity contribution in [3.63, 3.8) is 0 Å². The maximum absolute atomic E-state index is 12.5. The van der Waals surface area contributed by atoms with Gasteiger partial charge >= 0.3 is 11.9 Å². The molecule has 0 heterocycles. The van der Waals surface area contributed by atoms with E-state index in [0.717, 1.165) is 88.3 Å². The van der Waals surface area contributed by atoms with Crippen molar-refractivity contribution < 1.29 is 47.6 Å². The third-order valence-electron chi connectivity index (χ3n) is 7.46. The zero-order valence-corrected chi connectivity index (χ0v) is 31.6. The van der Waals surface area contributed by atoms with Crippen molar-refractivity contribution >= 4 is 30.7 Å². The van der Waals surface area contributed by atoms with Crippen LogP contribution < -0.4 is 14.2 Å². The molecule has 0 aromatic heterocycles. The molecule has 11 nitrogen and oxygen atoms in total. The molecule has 0 fully saturated rings. The minimum Gasteiger partial charge on any atom is -0.494 e. The van der Waals surface area contributed by atoms with Crippen molar-refractivity contribution in [3.8, 4) is 17.2 Å². The van der Waals surface area contributed by atoms with Gasteiger partial charge in [0.05, 0.1) is 32.0 Å². The van der Waals surface area contributed by atoms with Crippen LogP contribution in [0.1, 0.15) is 83.2 Å². The molecule has 0 spiro atoms. The first kappa shape index (κ1) is 46.6. The Bertz CT molecular complexity index is 1510. The summed E-state index contributed by atoms with van der Waals surface area (Å²) >= 11 is 0. The molecule has 3 aromatic carbocycles.